The Labute approximate surface area is 148 Å². The van der Waals surface area contributed by atoms with Gasteiger partial charge in [0.15, 0.2) is 0 Å². The van der Waals surface area contributed by atoms with Crippen molar-refractivity contribution in [2.24, 2.45) is 0 Å². The van der Waals surface area contributed by atoms with Crippen LogP contribution >= 0.6 is 23.1 Å². The number of hydrogen-bond acceptors (Lipinski definition) is 6. The van der Waals surface area contributed by atoms with Crippen molar-refractivity contribution in [2.75, 3.05) is 17.2 Å². The van der Waals surface area contributed by atoms with Crippen molar-refractivity contribution in [3.8, 4) is 0 Å². The molecular formula is C16H17N5OS2. The third-order valence-electron chi connectivity index (χ3n) is 3.39. The van der Waals surface area contributed by atoms with E-state index in [1.54, 1.807) is 20.9 Å². The van der Waals surface area contributed by atoms with Crippen molar-refractivity contribution in [1.82, 2.24) is 20.2 Å². The van der Waals surface area contributed by atoms with Crippen LogP contribution in [0.1, 0.15) is 11.8 Å². The highest BCUT2D eigenvalue weighted by Crippen LogP contribution is 2.20. The molecule has 0 aliphatic heterocycles. The van der Waals surface area contributed by atoms with Crippen LogP contribution in [-0.2, 0) is 11.3 Å². The molecule has 0 radical (unpaired) electrons. The minimum absolute atomic E-state index is 0.0411. The first kappa shape index (κ1) is 16.7. The molecule has 1 aromatic carbocycles. The molecule has 1 amide bonds. The number of rotatable bonds is 7. The maximum Gasteiger partial charge on any atom is 0.237 e. The second-order valence-corrected chi connectivity index (χ2v) is 6.94. The summed E-state index contributed by atoms with van der Waals surface area (Å²) < 4.78 is 1.72. The van der Waals surface area contributed by atoms with Crippen LogP contribution in [0.25, 0.3) is 0 Å². The first-order chi connectivity index (χ1) is 11.8. The molecule has 2 heterocycles. The van der Waals surface area contributed by atoms with Crippen molar-refractivity contribution < 1.29 is 4.79 Å². The van der Waals surface area contributed by atoms with Crippen molar-refractivity contribution in [3.05, 3.63) is 52.7 Å². The molecule has 0 unspecified atom stereocenters. The fraction of sp³-hybridized carbons (Fsp3) is 0.250. The average molecular weight is 359 g/mol. The molecule has 0 saturated carbocycles. The van der Waals surface area contributed by atoms with E-state index in [0.717, 1.165) is 5.69 Å². The van der Waals surface area contributed by atoms with Gasteiger partial charge in [-0.3, -0.25) is 4.79 Å². The van der Waals surface area contributed by atoms with Crippen LogP contribution in [0.5, 0.6) is 0 Å². The average Bonchev–Trinajstić information content (AvgIpc) is 3.27. The summed E-state index contributed by atoms with van der Waals surface area (Å²) in [5.41, 5.74) is 0.906. The number of carbonyl (C=O) groups is 1. The lowest BCUT2D eigenvalue weighted by molar-refractivity contribution is -0.116. The Morgan fingerprint density at radius 1 is 1.25 bits per heavy atom. The third kappa shape index (κ3) is 4.01. The number of hydrogen-bond donors (Lipinski definition) is 0. The highest BCUT2D eigenvalue weighted by molar-refractivity contribution is 7.99. The quantitative estimate of drug-likeness (QED) is 0.607. The molecule has 0 aliphatic carbocycles. The van der Waals surface area contributed by atoms with E-state index >= 15 is 0 Å². The van der Waals surface area contributed by atoms with Crippen LogP contribution in [0.15, 0.2) is 53.0 Å². The summed E-state index contributed by atoms with van der Waals surface area (Å²) in [7, 11) is 0. The third-order valence-corrected chi connectivity index (χ3v) is 5.20. The number of aromatic nitrogens is 4. The van der Waals surface area contributed by atoms with Gasteiger partial charge in [0.25, 0.3) is 0 Å². The van der Waals surface area contributed by atoms with Gasteiger partial charge in [0.05, 0.1) is 12.3 Å². The van der Waals surface area contributed by atoms with Crippen molar-refractivity contribution in [1.29, 1.82) is 0 Å². The van der Waals surface area contributed by atoms with Gasteiger partial charge in [-0.2, -0.15) is 0 Å². The van der Waals surface area contributed by atoms with E-state index in [4.69, 9.17) is 0 Å². The number of thiophene rings is 1. The van der Waals surface area contributed by atoms with Crippen molar-refractivity contribution in [2.45, 2.75) is 18.6 Å². The molecule has 0 spiro atoms. The summed E-state index contributed by atoms with van der Waals surface area (Å²) in [4.78, 5) is 15.5. The fourth-order valence-electron chi connectivity index (χ4n) is 2.26. The number of para-hydroxylation sites is 1. The number of tetrazole rings is 1. The number of benzene rings is 1. The highest BCUT2D eigenvalue weighted by Gasteiger charge is 2.16. The smallest absolute Gasteiger partial charge is 0.237 e. The van der Waals surface area contributed by atoms with E-state index in [2.05, 4.69) is 15.5 Å². The van der Waals surface area contributed by atoms with Gasteiger partial charge in [-0.15, -0.1) is 16.4 Å². The minimum Gasteiger partial charge on any atom is -0.312 e. The second kappa shape index (κ2) is 8.07. The monoisotopic (exact) mass is 359 g/mol. The van der Waals surface area contributed by atoms with E-state index < -0.39 is 0 Å². The first-order valence-corrected chi connectivity index (χ1v) is 9.41. The Bertz CT molecular complexity index is 773. The number of anilines is 1. The second-order valence-electron chi connectivity index (χ2n) is 4.96. The molecule has 24 heavy (non-hydrogen) atoms. The lowest BCUT2D eigenvalue weighted by Gasteiger charge is -2.20. The standard InChI is InChI=1S/C16H17N5OS2/c1-2-20(13-7-4-3-5-8-13)15(22)12-24-16-17-18-19-21(16)11-14-9-6-10-23-14/h3-10H,2,11-12H2,1H3. The van der Waals surface area contributed by atoms with Crippen LogP contribution in [0.3, 0.4) is 0 Å². The van der Waals surface area contributed by atoms with E-state index in [1.807, 2.05) is 54.8 Å². The van der Waals surface area contributed by atoms with Crippen molar-refractivity contribution >= 4 is 34.7 Å². The van der Waals surface area contributed by atoms with Gasteiger partial charge in [-0.05, 0) is 40.9 Å². The largest absolute Gasteiger partial charge is 0.312 e. The molecule has 8 heteroatoms. The van der Waals surface area contributed by atoms with Crippen LogP contribution in [-0.4, -0.2) is 38.4 Å². The van der Waals surface area contributed by atoms with Crippen LogP contribution in [0, 0.1) is 0 Å². The number of thioether (sulfide) groups is 1. The topological polar surface area (TPSA) is 63.9 Å². The molecule has 6 nitrogen and oxygen atoms in total. The predicted octanol–water partition coefficient (Wildman–Crippen LogP) is 2.93. The highest BCUT2D eigenvalue weighted by atomic mass is 32.2. The van der Waals surface area contributed by atoms with Gasteiger partial charge in [0.1, 0.15) is 0 Å². The fourth-order valence-corrected chi connectivity index (χ4v) is 3.70. The number of amides is 1. The van der Waals surface area contributed by atoms with E-state index in [-0.39, 0.29) is 5.91 Å². The zero-order valence-electron chi connectivity index (χ0n) is 13.2. The molecule has 3 aromatic rings. The summed E-state index contributed by atoms with van der Waals surface area (Å²) >= 11 is 3.02. The molecule has 0 atom stereocenters. The molecule has 0 aliphatic rings. The summed E-state index contributed by atoms with van der Waals surface area (Å²) in [5.74, 6) is 0.340. The Balaban J connectivity index is 1.63. The first-order valence-electron chi connectivity index (χ1n) is 7.54. The van der Waals surface area contributed by atoms with Gasteiger partial charge in [-0.25, -0.2) is 4.68 Å². The number of nitrogens with zero attached hydrogens (tertiary/aromatic N) is 5. The lowest BCUT2D eigenvalue weighted by atomic mass is 10.3. The maximum atomic E-state index is 12.5. The Morgan fingerprint density at radius 3 is 2.79 bits per heavy atom. The van der Waals surface area contributed by atoms with Crippen LogP contribution in [0.2, 0.25) is 0 Å². The molecule has 3 rings (SSSR count). The molecular weight excluding hydrogens is 342 g/mol. The number of carbonyl (C=O) groups excluding carboxylic acids is 1. The molecule has 0 bridgehead atoms. The SMILES string of the molecule is CCN(C(=O)CSc1nnnn1Cc1cccs1)c1ccccc1. The Kier molecular flexibility index (Phi) is 5.60. The van der Waals surface area contributed by atoms with Crippen LogP contribution in [0.4, 0.5) is 5.69 Å². The Morgan fingerprint density at radius 2 is 2.08 bits per heavy atom. The zero-order chi connectivity index (χ0) is 16.8. The van der Waals surface area contributed by atoms with Gasteiger partial charge in [0.2, 0.25) is 11.1 Å². The van der Waals surface area contributed by atoms with E-state index in [0.29, 0.717) is 24.0 Å². The van der Waals surface area contributed by atoms with Crippen LogP contribution < -0.4 is 4.90 Å². The van der Waals surface area contributed by atoms with Gasteiger partial charge in [-0.1, -0.05) is 36.0 Å². The molecule has 0 saturated heterocycles. The summed E-state index contributed by atoms with van der Waals surface area (Å²) in [6.45, 7) is 3.22. The Hall–Kier alpha value is -2.19. The zero-order valence-corrected chi connectivity index (χ0v) is 14.8. The van der Waals surface area contributed by atoms with Gasteiger partial charge >= 0.3 is 0 Å². The summed E-state index contributed by atoms with van der Waals surface area (Å²) in [6.07, 6.45) is 0. The molecule has 2 aromatic heterocycles. The molecule has 124 valence electrons. The van der Waals surface area contributed by atoms with E-state index in [1.165, 1.54) is 16.6 Å². The molecule has 0 N–H and O–H groups in total. The van der Waals surface area contributed by atoms with Crippen molar-refractivity contribution in [3.63, 3.8) is 0 Å². The lowest BCUT2D eigenvalue weighted by Crippen LogP contribution is -2.32. The normalized spacial score (nSPS) is 10.7. The summed E-state index contributed by atoms with van der Waals surface area (Å²) in [5, 5.41) is 14.4. The van der Waals surface area contributed by atoms with Gasteiger partial charge in [0, 0.05) is 17.1 Å². The predicted molar refractivity (Wildman–Crippen MR) is 96.4 cm³/mol. The summed E-state index contributed by atoms with van der Waals surface area (Å²) in [6, 6.07) is 13.7. The minimum atomic E-state index is 0.0411. The maximum absolute atomic E-state index is 12.5. The van der Waals surface area contributed by atoms with E-state index in [9.17, 15) is 4.79 Å². The van der Waals surface area contributed by atoms with Gasteiger partial charge < -0.3 is 4.90 Å². The molecule has 0 fully saturated rings.